The zero-order valence-corrected chi connectivity index (χ0v) is 10.0. The summed E-state index contributed by atoms with van der Waals surface area (Å²) in [5.74, 6) is 6.67. The summed E-state index contributed by atoms with van der Waals surface area (Å²) in [6.07, 6.45) is 3.05. The van der Waals surface area contributed by atoms with Crippen LogP contribution < -0.4 is 17.3 Å². The largest absolute Gasteiger partial charge is 0.461 e. The minimum Gasteiger partial charge on any atom is -0.461 e. The van der Waals surface area contributed by atoms with Gasteiger partial charge in [0.2, 0.25) is 0 Å². The molecule has 1 aromatic heterocycles. The maximum absolute atomic E-state index is 9.98. The molecule has 0 amide bonds. The van der Waals surface area contributed by atoms with E-state index in [4.69, 9.17) is 17.3 Å². The molecule has 6 N–H and O–H groups in total. The Morgan fingerprint density at radius 3 is 2.94 bits per heavy atom. The van der Waals surface area contributed by atoms with Crippen LogP contribution in [0, 0.1) is 6.92 Å². The minimum absolute atomic E-state index is 0.0168. The van der Waals surface area contributed by atoms with Crippen molar-refractivity contribution in [3.63, 3.8) is 0 Å². The van der Waals surface area contributed by atoms with Gasteiger partial charge in [0.1, 0.15) is 18.2 Å². The van der Waals surface area contributed by atoms with Crippen LogP contribution in [-0.4, -0.2) is 28.1 Å². The molecule has 0 atom stereocenters. The molecule has 1 heterocycles. The molecule has 1 rings (SSSR count). The van der Waals surface area contributed by atoms with Crippen molar-refractivity contribution < 1.29 is 9.53 Å². The molecule has 0 aromatic carbocycles. The summed E-state index contributed by atoms with van der Waals surface area (Å²) in [7, 11) is 0. The fraction of sp³-hybridized carbons (Fsp3) is 0.300. The zero-order chi connectivity index (χ0) is 13.5. The lowest BCUT2D eigenvalue weighted by Crippen LogP contribution is -2.27. The molecule has 0 saturated carbocycles. The lowest BCUT2D eigenvalue weighted by atomic mass is 10.3. The van der Waals surface area contributed by atoms with Gasteiger partial charge in [-0.25, -0.2) is 15.8 Å². The van der Waals surface area contributed by atoms with Gasteiger partial charge in [0.15, 0.2) is 0 Å². The molecule has 0 aliphatic rings. The van der Waals surface area contributed by atoms with Gasteiger partial charge in [-0.05, 0) is 6.92 Å². The lowest BCUT2D eigenvalue weighted by molar-refractivity contribution is -0.127. The number of nitrogens with zero attached hydrogens (tertiary/aromatic N) is 3. The molecule has 18 heavy (non-hydrogen) atoms. The number of rotatable bonds is 6. The Balaban J connectivity index is 2.63. The topological polar surface area (TPSA) is 133 Å². The van der Waals surface area contributed by atoms with Gasteiger partial charge in [0.05, 0.1) is 12.2 Å². The van der Waals surface area contributed by atoms with Gasteiger partial charge in [-0.3, -0.25) is 4.79 Å². The number of hydrogen-bond donors (Lipinski definition) is 3. The van der Waals surface area contributed by atoms with E-state index in [9.17, 15) is 4.79 Å². The number of nitrogen functional groups attached to an aromatic ring is 1. The van der Waals surface area contributed by atoms with Crippen molar-refractivity contribution in [2.45, 2.75) is 13.5 Å². The molecule has 0 fully saturated rings. The Kier molecular flexibility index (Phi) is 4.88. The normalized spacial score (nSPS) is 11.1. The van der Waals surface area contributed by atoms with Crippen LogP contribution in [0.3, 0.4) is 0 Å². The number of hydrogen-bond acceptors (Lipinski definition) is 8. The van der Waals surface area contributed by atoms with Crippen molar-refractivity contribution in [3.8, 4) is 0 Å². The fourth-order valence-electron chi connectivity index (χ4n) is 1.26. The van der Waals surface area contributed by atoms with E-state index >= 15 is 0 Å². The standard InChI is InChI=1S/C10H16N6O2/c1-7-14-2-8(10(12)15-7)3-16(13)4-9(11)5-18-6-17/h2,4,6H,3,5,11,13H2,1H3,(H2,12,14,15)/b9-4-. The molecule has 0 aliphatic heterocycles. The number of aryl methyl sites for hydroxylation is 1. The van der Waals surface area contributed by atoms with Gasteiger partial charge < -0.3 is 21.2 Å². The highest BCUT2D eigenvalue weighted by Gasteiger charge is 2.05. The quantitative estimate of drug-likeness (QED) is 0.334. The summed E-state index contributed by atoms with van der Waals surface area (Å²) in [5, 5.41) is 1.31. The number of ether oxygens (including phenoxy) is 1. The van der Waals surface area contributed by atoms with Gasteiger partial charge in [-0.1, -0.05) is 0 Å². The van der Waals surface area contributed by atoms with Crippen LogP contribution in [-0.2, 0) is 16.1 Å². The molecule has 8 heteroatoms. The number of anilines is 1. The van der Waals surface area contributed by atoms with Crippen molar-refractivity contribution >= 4 is 12.3 Å². The molecular formula is C10H16N6O2. The van der Waals surface area contributed by atoms with Crippen LogP contribution in [0.25, 0.3) is 0 Å². The van der Waals surface area contributed by atoms with Crippen LogP contribution in [0.1, 0.15) is 11.4 Å². The van der Waals surface area contributed by atoms with Crippen LogP contribution in [0.2, 0.25) is 0 Å². The first-order valence-electron chi connectivity index (χ1n) is 5.13. The van der Waals surface area contributed by atoms with E-state index in [1.807, 2.05) is 0 Å². The second-order valence-electron chi connectivity index (χ2n) is 3.61. The smallest absolute Gasteiger partial charge is 0.293 e. The predicted octanol–water partition coefficient (Wildman–Crippen LogP) is -0.984. The third kappa shape index (κ3) is 4.26. The second kappa shape index (κ2) is 6.40. The molecule has 0 unspecified atom stereocenters. The molecule has 0 spiro atoms. The van der Waals surface area contributed by atoms with Crippen LogP contribution in [0.4, 0.5) is 5.82 Å². The first kappa shape index (κ1) is 13.7. The highest BCUT2D eigenvalue weighted by Crippen LogP contribution is 2.09. The number of nitrogens with two attached hydrogens (primary N) is 3. The third-order valence-electron chi connectivity index (χ3n) is 2.02. The maximum Gasteiger partial charge on any atom is 0.293 e. The van der Waals surface area contributed by atoms with Gasteiger partial charge in [0, 0.05) is 18.0 Å². The number of carbonyl (C=O) groups is 1. The first-order valence-corrected chi connectivity index (χ1v) is 5.13. The summed E-state index contributed by atoms with van der Waals surface area (Å²) >= 11 is 0. The Morgan fingerprint density at radius 2 is 2.33 bits per heavy atom. The van der Waals surface area contributed by atoms with Crippen molar-refractivity contribution in [1.29, 1.82) is 0 Å². The first-order chi connectivity index (χ1) is 8.52. The Bertz CT molecular complexity index is 448. The van der Waals surface area contributed by atoms with Gasteiger partial charge in [-0.2, -0.15) is 0 Å². The van der Waals surface area contributed by atoms with E-state index in [1.165, 1.54) is 11.2 Å². The fourth-order valence-corrected chi connectivity index (χ4v) is 1.26. The number of carbonyl (C=O) groups excluding carboxylic acids is 1. The van der Waals surface area contributed by atoms with Crippen LogP contribution >= 0.6 is 0 Å². The van der Waals surface area contributed by atoms with Gasteiger partial charge in [0.25, 0.3) is 6.47 Å². The molecule has 98 valence electrons. The second-order valence-corrected chi connectivity index (χ2v) is 3.61. The highest BCUT2D eigenvalue weighted by atomic mass is 16.5. The van der Waals surface area contributed by atoms with Crippen LogP contribution in [0.15, 0.2) is 18.1 Å². The molecule has 0 saturated heterocycles. The third-order valence-corrected chi connectivity index (χ3v) is 2.02. The Labute approximate surface area is 104 Å². The molecule has 0 aliphatic carbocycles. The Morgan fingerprint density at radius 1 is 1.61 bits per heavy atom. The molecule has 8 nitrogen and oxygen atoms in total. The minimum atomic E-state index is -0.0168. The summed E-state index contributed by atoms with van der Waals surface area (Å²) in [5.41, 5.74) is 12.3. The van der Waals surface area contributed by atoms with E-state index in [1.54, 1.807) is 13.1 Å². The average Bonchev–Trinajstić information content (AvgIpc) is 2.30. The van der Waals surface area contributed by atoms with E-state index in [-0.39, 0.29) is 6.61 Å². The molecular weight excluding hydrogens is 236 g/mol. The molecule has 0 bridgehead atoms. The zero-order valence-electron chi connectivity index (χ0n) is 10.0. The van der Waals surface area contributed by atoms with Crippen molar-refractivity contribution in [1.82, 2.24) is 15.0 Å². The highest BCUT2D eigenvalue weighted by molar-refractivity contribution is 5.38. The van der Waals surface area contributed by atoms with E-state index < -0.39 is 0 Å². The predicted molar refractivity (Wildman–Crippen MR) is 65.2 cm³/mol. The van der Waals surface area contributed by atoms with Crippen LogP contribution in [0.5, 0.6) is 0 Å². The monoisotopic (exact) mass is 252 g/mol. The van der Waals surface area contributed by atoms with Crippen molar-refractivity contribution in [2.75, 3.05) is 12.3 Å². The van der Waals surface area contributed by atoms with Crippen molar-refractivity contribution in [3.05, 3.63) is 29.5 Å². The summed E-state index contributed by atoms with van der Waals surface area (Å²) in [4.78, 5) is 18.0. The lowest BCUT2D eigenvalue weighted by Gasteiger charge is -2.15. The molecule has 1 aromatic rings. The number of hydrazine groups is 1. The number of aromatic nitrogens is 2. The SMILES string of the molecule is Cc1ncc(CN(N)/C=C(\N)COC=O)c(N)n1. The summed E-state index contributed by atoms with van der Waals surface area (Å²) in [6.45, 7) is 2.34. The molecule has 0 radical (unpaired) electrons. The van der Waals surface area contributed by atoms with E-state index in [2.05, 4.69) is 14.7 Å². The average molecular weight is 252 g/mol. The van der Waals surface area contributed by atoms with E-state index in [0.29, 0.717) is 35.9 Å². The maximum atomic E-state index is 9.98. The van der Waals surface area contributed by atoms with Crippen molar-refractivity contribution in [2.24, 2.45) is 11.6 Å². The summed E-state index contributed by atoms with van der Waals surface area (Å²) in [6, 6.07) is 0. The Hall–Kier alpha value is -2.35. The van der Waals surface area contributed by atoms with Gasteiger partial charge in [-0.15, -0.1) is 0 Å². The van der Waals surface area contributed by atoms with Gasteiger partial charge >= 0.3 is 0 Å². The summed E-state index contributed by atoms with van der Waals surface area (Å²) < 4.78 is 4.48. The van der Waals surface area contributed by atoms with E-state index in [0.717, 1.165) is 0 Å².